The summed E-state index contributed by atoms with van der Waals surface area (Å²) >= 11 is 1.69. The fraction of sp³-hybridized carbons (Fsp3) is 0.400. The Labute approximate surface area is 228 Å². The second-order valence-electron chi connectivity index (χ2n) is 9.03. The van der Waals surface area contributed by atoms with Crippen molar-refractivity contribution in [2.75, 3.05) is 39.5 Å². The zero-order valence-electron chi connectivity index (χ0n) is 22.2. The fourth-order valence-corrected chi connectivity index (χ4v) is 5.36. The molecule has 0 aliphatic carbocycles. The van der Waals surface area contributed by atoms with Gasteiger partial charge < -0.3 is 23.8 Å². The second kappa shape index (κ2) is 13.6. The van der Waals surface area contributed by atoms with Gasteiger partial charge in [0.05, 0.1) is 19.8 Å². The zero-order chi connectivity index (χ0) is 26.9. The molecule has 0 bridgehead atoms. The van der Waals surface area contributed by atoms with Crippen LogP contribution in [0.15, 0.2) is 54.6 Å². The van der Waals surface area contributed by atoms with E-state index in [2.05, 4.69) is 13.0 Å². The first-order valence-electron chi connectivity index (χ1n) is 13.0. The van der Waals surface area contributed by atoms with E-state index < -0.39 is 6.10 Å². The van der Waals surface area contributed by atoms with Gasteiger partial charge in [0, 0.05) is 41.4 Å². The van der Waals surface area contributed by atoms with Gasteiger partial charge in [-0.15, -0.1) is 11.3 Å². The van der Waals surface area contributed by atoms with Crippen LogP contribution in [0.1, 0.15) is 40.2 Å². The van der Waals surface area contributed by atoms with Crippen molar-refractivity contribution in [2.24, 2.45) is 0 Å². The maximum absolute atomic E-state index is 12.7. The summed E-state index contributed by atoms with van der Waals surface area (Å²) in [6.45, 7) is 9.45. The highest BCUT2D eigenvalue weighted by molar-refractivity contribution is 7.15. The Morgan fingerprint density at radius 2 is 1.71 bits per heavy atom. The molecule has 4 rings (SSSR count). The molecule has 0 N–H and O–H groups in total. The summed E-state index contributed by atoms with van der Waals surface area (Å²) < 4.78 is 22.1. The van der Waals surface area contributed by atoms with Crippen molar-refractivity contribution in [3.63, 3.8) is 0 Å². The maximum Gasteiger partial charge on any atom is 0.335 e. The molecule has 1 atom stereocenters. The SMILES string of the molecule is CCOC(=O)C(Cc1ccc(OCc2sc(-c3ccc(C(=O)N4CCOCC4)cc3)cc2C)cc1)OCC. The van der Waals surface area contributed by atoms with E-state index in [4.69, 9.17) is 18.9 Å². The van der Waals surface area contributed by atoms with E-state index in [0.717, 1.165) is 26.6 Å². The third-order valence-electron chi connectivity index (χ3n) is 6.37. The van der Waals surface area contributed by atoms with Crippen LogP contribution in [0.2, 0.25) is 0 Å². The van der Waals surface area contributed by atoms with Crippen molar-refractivity contribution >= 4 is 23.2 Å². The van der Waals surface area contributed by atoms with Gasteiger partial charge in [-0.05, 0) is 67.8 Å². The third kappa shape index (κ3) is 7.22. The van der Waals surface area contributed by atoms with E-state index in [1.54, 1.807) is 18.3 Å². The topological polar surface area (TPSA) is 74.3 Å². The van der Waals surface area contributed by atoms with Crippen molar-refractivity contribution in [3.05, 3.63) is 76.2 Å². The first kappa shape index (κ1) is 27.8. The number of esters is 1. The molecule has 1 aliphatic heterocycles. The number of carbonyl (C=O) groups is 2. The van der Waals surface area contributed by atoms with E-state index in [-0.39, 0.29) is 11.9 Å². The number of ether oxygens (including phenoxy) is 4. The van der Waals surface area contributed by atoms with Crippen LogP contribution in [-0.2, 0) is 32.0 Å². The van der Waals surface area contributed by atoms with Crippen LogP contribution in [0.25, 0.3) is 10.4 Å². The molecule has 202 valence electrons. The Kier molecular flexibility index (Phi) is 9.92. The van der Waals surface area contributed by atoms with Gasteiger partial charge in [-0.1, -0.05) is 24.3 Å². The first-order valence-corrected chi connectivity index (χ1v) is 13.9. The van der Waals surface area contributed by atoms with E-state index in [1.807, 2.05) is 60.4 Å². The van der Waals surface area contributed by atoms with Crippen LogP contribution < -0.4 is 4.74 Å². The van der Waals surface area contributed by atoms with Crippen molar-refractivity contribution in [3.8, 4) is 16.2 Å². The molecule has 38 heavy (non-hydrogen) atoms. The highest BCUT2D eigenvalue weighted by Gasteiger charge is 2.21. The molecule has 2 aromatic carbocycles. The number of amides is 1. The van der Waals surface area contributed by atoms with Crippen LogP contribution in [0.4, 0.5) is 0 Å². The van der Waals surface area contributed by atoms with Crippen molar-refractivity contribution < 1.29 is 28.5 Å². The minimum absolute atomic E-state index is 0.0524. The monoisotopic (exact) mass is 537 g/mol. The molecule has 0 spiro atoms. The molecule has 1 aliphatic rings. The van der Waals surface area contributed by atoms with Gasteiger partial charge in [0.2, 0.25) is 0 Å². The Morgan fingerprint density at radius 3 is 2.37 bits per heavy atom. The van der Waals surface area contributed by atoms with Gasteiger partial charge in [0.1, 0.15) is 12.4 Å². The summed E-state index contributed by atoms with van der Waals surface area (Å²) in [5.41, 5.74) is 3.93. The van der Waals surface area contributed by atoms with Gasteiger partial charge in [-0.3, -0.25) is 4.79 Å². The smallest absolute Gasteiger partial charge is 0.335 e. The Bertz CT molecular complexity index is 1200. The minimum atomic E-state index is -0.606. The van der Waals surface area contributed by atoms with Crippen LogP contribution in [-0.4, -0.2) is 62.4 Å². The highest BCUT2D eigenvalue weighted by Crippen LogP contribution is 2.32. The lowest BCUT2D eigenvalue weighted by Gasteiger charge is -2.26. The number of aryl methyl sites for hydroxylation is 1. The summed E-state index contributed by atoms with van der Waals surface area (Å²) in [5, 5.41) is 0. The van der Waals surface area contributed by atoms with Crippen LogP contribution in [0.3, 0.4) is 0 Å². The minimum Gasteiger partial charge on any atom is -0.488 e. The van der Waals surface area contributed by atoms with E-state index in [9.17, 15) is 9.59 Å². The van der Waals surface area contributed by atoms with Crippen LogP contribution in [0, 0.1) is 6.92 Å². The molecular weight excluding hydrogens is 502 g/mol. The number of hydrogen-bond acceptors (Lipinski definition) is 7. The van der Waals surface area contributed by atoms with Crippen molar-refractivity contribution in [1.82, 2.24) is 4.90 Å². The Hall–Kier alpha value is -3.20. The van der Waals surface area contributed by atoms with E-state index >= 15 is 0 Å². The number of rotatable bonds is 11. The number of morpholine rings is 1. The molecule has 1 unspecified atom stereocenters. The summed E-state index contributed by atoms with van der Waals surface area (Å²) in [7, 11) is 0. The summed E-state index contributed by atoms with van der Waals surface area (Å²) in [4.78, 5) is 29.0. The average molecular weight is 538 g/mol. The number of nitrogens with zero attached hydrogens (tertiary/aromatic N) is 1. The molecule has 8 heteroatoms. The second-order valence-corrected chi connectivity index (χ2v) is 10.2. The summed E-state index contributed by atoms with van der Waals surface area (Å²) in [5.74, 6) is 0.479. The van der Waals surface area contributed by atoms with Gasteiger partial charge in [-0.25, -0.2) is 4.79 Å². The lowest BCUT2D eigenvalue weighted by Crippen LogP contribution is -2.40. The predicted octanol–water partition coefficient (Wildman–Crippen LogP) is 5.29. The molecule has 1 amide bonds. The standard InChI is InChI=1S/C30H35NO6S/c1-4-35-26(30(33)36-5-2)19-22-6-12-25(13-7-22)37-20-28-21(3)18-27(38-28)23-8-10-24(11-9-23)29(32)31-14-16-34-17-15-31/h6-13,18,26H,4-5,14-17,19-20H2,1-3H3. The number of hydrogen-bond donors (Lipinski definition) is 0. The maximum atomic E-state index is 12.7. The molecule has 2 heterocycles. The van der Waals surface area contributed by atoms with Crippen LogP contribution >= 0.6 is 11.3 Å². The van der Waals surface area contributed by atoms with Gasteiger partial charge in [0.25, 0.3) is 5.91 Å². The number of carbonyl (C=O) groups excluding carboxylic acids is 2. The lowest BCUT2D eigenvalue weighted by molar-refractivity contribution is -0.156. The van der Waals surface area contributed by atoms with Crippen molar-refractivity contribution in [1.29, 1.82) is 0 Å². The average Bonchev–Trinajstić information content (AvgIpc) is 3.33. The number of thiophene rings is 1. The molecule has 7 nitrogen and oxygen atoms in total. The summed E-state index contributed by atoms with van der Waals surface area (Å²) in [6, 6.07) is 17.7. The third-order valence-corrected chi connectivity index (χ3v) is 7.63. The normalized spacial score (nSPS) is 14.2. The zero-order valence-corrected chi connectivity index (χ0v) is 23.1. The van der Waals surface area contributed by atoms with Gasteiger partial charge in [-0.2, -0.15) is 0 Å². The largest absolute Gasteiger partial charge is 0.488 e. The van der Waals surface area contributed by atoms with E-state index in [0.29, 0.717) is 58.1 Å². The number of benzene rings is 2. The Balaban J connectivity index is 1.34. The highest BCUT2D eigenvalue weighted by atomic mass is 32.1. The van der Waals surface area contributed by atoms with Gasteiger partial charge in [0.15, 0.2) is 6.10 Å². The van der Waals surface area contributed by atoms with Crippen molar-refractivity contribution in [2.45, 2.75) is 39.9 Å². The fourth-order valence-electron chi connectivity index (χ4n) is 4.26. The summed E-state index contributed by atoms with van der Waals surface area (Å²) in [6.07, 6.45) is -0.151. The molecule has 1 fully saturated rings. The van der Waals surface area contributed by atoms with Gasteiger partial charge >= 0.3 is 5.97 Å². The Morgan fingerprint density at radius 1 is 1.00 bits per heavy atom. The molecular formula is C30H35NO6S. The molecule has 0 radical (unpaired) electrons. The predicted molar refractivity (Wildman–Crippen MR) is 148 cm³/mol. The quantitative estimate of drug-likeness (QED) is 0.310. The molecule has 3 aromatic rings. The molecule has 1 saturated heterocycles. The first-order chi connectivity index (χ1) is 18.5. The molecule has 0 saturated carbocycles. The molecule has 1 aromatic heterocycles. The van der Waals surface area contributed by atoms with Crippen LogP contribution in [0.5, 0.6) is 5.75 Å². The van der Waals surface area contributed by atoms with E-state index in [1.165, 1.54) is 5.56 Å². The lowest BCUT2D eigenvalue weighted by atomic mass is 10.1.